The van der Waals surface area contributed by atoms with Crippen LogP contribution in [0.1, 0.15) is 46.5 Å². The molecule has 0 bridgehead atoms. The van der Waals surface area contributed by atoms with Gasteiger partial charge in [-0.2, -0.15) is 0 Å². The molecular formula is C15H24LiOP. The quantitative estimate of drug-likeness (QED) is 0.575. The number of carbonyl (C=O) groups is 1. The summed E-state index contributed by atoms with van der Waals surface area (Å²) in [5.41, 5.74) is 5.59. The Morgan fingerprint density at radius 2 is 1.61 bits per heavy atom. The van der Waals surface area contributed by atoms with Crippen LogP contribution in [-0.4, -0.2) is 23.2 Å². The van der Waals surface area contributed by atoms with Gasteiger partial charge in [0.15, 0.2) is 5.52 Å². The minimum absolute atomic E-state index is 0.0816. The monoisotopic (exact) mass is 258 g/mol. The fourth-order valence-corrected chi connectivity index (χ4v) is 2.11. The molecule has 0 heterocycles. The van der Waals surface area contributed by atoms with E-state index in [2.05, 4.69) is 60.7 Å². The van der Waals surface area contributed by atoms with Crippen LogP contribution in [0.3, 0.4) is 0 Å². The Labute approximate surface area is 124 Å². The Bertz CT molecular complexity index is 425. The van der Waals surface area contributed by atoms with Crippen molar-refractivity contribution in [1.82, 2.24) is 0 Å². The molecule has 0 aromatic heterocycles. The maximum atomic E-state index is 11.3. The Morgan fingerprint density at radius 3 is 1.94 bits per heavy atom. The van der Waals surface area contributed by atoms with Crippen molar-refractivity contribution in [1.29, 1.82) is 0 Å². The molecule has 0 N–H and O–H groups in total. The number of aryl methyl sites for hydroxylation is 2. The van der Waals surface area contributed by atoms with E-state index >= 15 is 0 Å². The molecular weight excluding hydrogens is 234 g/mol. The zero-order valence-corrected chi connectivity index (χ0v) is 14.0. The summed E-state index contributed by atoms with van der Waals surface area (Å²) in [6, 6.07) is 2.07. The summed E-state index contributed by atoms with van der Waals surface area (Å²) in [5.74, 6) is 0.884. The molecule has 0 aliphatic carbocycles. The van der Waals surface area contributed by atoms with E-state index in [9.17, 15) is 4.79 Å². The third kappa shape index (κ3) is 5.27. The molecule has 1 rings (SSSR count). The summed E-state index contributed by atoms with van der Waals surface area (Å²) in [6.45, 7) is 12.6. The van der Waals surface area contributed by atoms with Gasteiger partial charge in [0.2, 0.25) is 0 Å². The Hall–Kier alpha value is -0.0826. The first-order chi connectivity index (χ1) is 8.22. The van der Waals surface area contributed by atoms with Gasteiger partial charge < -0.3 is 0 Å². The molecule has 96 valence electrons. The Morgan fingerprint density at radius 1 is 1.17 bits per heavy atom. The second-order valence-electron chi connectivity index (χ2n) is 5.30. The van der Waals surface area contributed by atoms with E-state index in [-0.39, 0.29) is 5.52 Å². The van der Waals surface area contributed by atoms with Crippen molar-refractivity contribution in [3.8, 4) is 0 Å². The van der Waals surface area contributed by atoms with Gasteiger partial charge in [0.25, 0.3) is 0 Å². The minimum atomic E-state index is 0.0816. The SMILES string of the molecule is Cc1cc(C)c(C(=O)P)c(C)c1C.[Li][CH2]C(C)C. The first-order valence-electron chi connectivity index (χ1n) is 6.59. The summed E-state index contributed by atoms with van der Waals surface area (Å²) in [7, 11) is 2.24. The Balaban J connectivity index is 0.000000494. The van der Waals surface area contributed by atoms with Crippen LogP contribution < -0.4 is 0 Å². The molecule has 3 heteroatoms. The molecule has 0 amide bonds. The Kier molecular flexibility index (Phi) is 8.12. The average molecular weight is 258 g/mol. The molecule has 1 unspecified atom stereocenters. The van der Waals surface area contributed by atoms with E-state index in [4.69, 9.17) is 0 Å². The van der Waals surface area contributed by atoms with Gasteiger partial charge >= 0.3 is 42.6 Å². The summed E-state index contributed by atoms with van der Waals surface area (Å²) in [6.07, 6.45) is 0. The number of hydrogen-bond donors (Lipinski definition) is 0. The summed E-state index contributed by atoms with van der Waals surface area (Å²) < 4.78 is 0. The number of hydrogen-bond acceptors (Lipinski definition) is 1. The second kappa shape index (κ2) is 8.16. The van der Waals surface area contributed by atoms with Crippen molar-refractivity contribution >= 4 is 32.5 Å². The first kappa shape index (κ1) is 17.9. The second-order valence-corrected chi connectivity index (χ2v) is 5.83. The van der Waals surface area contributed by atoms with Gasteiger partial charge in [-0.05, 0) is 49.9 Å². The number of carbonyl (C=O) groups excluding carboxylic acids is 1. The molecule has 1 aromatic carbocycles. The van der Waals surface area contributed by atoms with Crippen molar-refractivity contribution in [3.63, 3.8) is 0 Å². The van der Waals surface area contributed by atoms with Crippen LogP contribution in [0.15, 0.2) is 6.07 Å². The van der Waals surface area contributed by atoms with Gasteiger partial charge in [0.1, 0.15) is 0 Å². The fraction of sp³-hybridized carbons (Fsp3) is 0.533. The van der Waals surface area contributed by atoms with Crippen LogP contribution in [0, 0.1) is 33.6 Å². The van der Waals surface area contributed by atoms with E-state index in [1.807, 2.05) is 13.8 Å². The number of rotatable bonds is 2. The van der Waals surface area contributed by atoms with Gasteiger partial charge in [-0.15, -0.1) is 0 Å². The molecule has 0 aliphatic rings. The number of benzene rings is 1. The first-order valence-corrected chi connectivity index (χ1v) is 7.17. The van der Waals surface area contributed by atoms with E-state index < -0.39 is 0 Å². The fourth-order valence-electron chi connectivity index (χ4n) is 1.66. The van der Waals surface area contributed by atoms with Crippen LogP contribution in [-0.2, 0) is 0 Å². The molecule has 0 radical (unpaired) electrons. The van der Waals surface area contributed by atoms with Gasteiger partial charge in [-0.25, -0.2) is 0 Å². The van der Waals surface area contributed by atoms with Gasteiger partial charge in [-0.3, -0.25) is 4.79 Å². The van der Waals surface area contributed by atoms with Crippen molar-refractivity contribution in [2.45, 2.75) is 46.6 Å². The van der Waals surface area contributed by atoms with Crippen molar-refractivity contribution in [2.24, 2.45) is 5.92 Å². The molecule has 0 fully saturated rings. The predicted molar refractivity (Wildman–Crippen MR) is 84.8 cm³/mol. The standard InChI is InChI=1S/C11H15OP.C4H9.Li/c1-6-5-7(2)10(11(12)13)9(4)8(6)3;1-4(2)3;/h5H,13H2,1-4H3;4H,1H2,2-3H3;. The van der Waals surface area contributed by atoms with E-state index in [1.54, 1.807) is 0 Å². The van der Waals surface area contributed by atoms with Gasteiger partial charge in [0, 0.05) is 5.56 Å². The summed E-state index contributed by atoms with van der Waals surface area (Å²) in [4.78, 5) is 11.3. The van der Waals surface area contributed by atoms with Crippen molar-refractivity contribution in [2.75, 3.05) is 0 Å². The van der Waals surface area contributed by atoms with Crippen molar-refractivity contribution in [3.05, 3.63) is 33.9 Å². The zero-order valence-electron chi connectivity index (χ0n) is 12.8. The third-order valence-corrected chi connectivity index (χ3v) is 3.71. The molecule has 1 nitrogen and oxygen atoms in total. The maximum absolute atomic E-state index is 11.3. The molecule has 18 heavy (non-hydrogen) atoms. The van der Waals surface area contributed by atoms with Crippen LogP contribution in [0.2, 0.25) is 5.09 Å². The van der Waals surface area contributed by atoms with Gasteiger partial charge in [0.05, 0.1) is 0 Å². The van der Waals surface area contributed by atoms with Gasteiger partial charge in [-0.1, -0.05) is 15.3 Å². The van der Waals surface area contributed by atoms with Crippen LogP contribution in [0.5, 0.6) is 0 Å². The van der Waals surface area contributed by atoms with E-state index in [0.29, 0.717) is 0 Å². The zero-order chi connectivity index (χ0) is 14.5. The van der Waals surface area contributed by atoms with Crippen LogP contribution in [0.4, 0.5) is 0 Å². The molecule has 1 atom stereocenters. The topological polar surface area (TPSA) is 17.1 Å². The molecule has 0 aliphatic heterocycles. The van der Waals surface area contributed by atoms with Crippen LogP contribution in [0.25, 0.3) is 0 Å². The molecule has 0 spiro atoms. The van der Waals surface area contributed by atoms with E-state index in [0.717, 1.165) is 22.6 Å². The summed E-state index contributed by atoms with van der Waals surface area (Å²) in [5, 5.41) is 1.31. The third-order valence-electron chi connectivity index (χ3n) is 3.42. The normalized spacial score (nSPS) is 10.1. The predicted octanol–water partition coefficient (Wildman–Crippen LogP) is 4.16. The summed E-state index contributed by atoms with van der Waals surface area (Å²) >= 11 is 2.20. The van der Waals surface area contributed by atoms with Crippen LogP contribution >= 0.6 is 9.24 Å². The average Bonchev–Trinajstić information content (AvgIpc) is 2.26. The molecule has 0 saturated heterocycles. The van der Waals surface area contributed by atoms with E-state index in [1.165, 1.54) is 16.2 Å². The molecule has 0 saturated carbocycles. The molecule has 1 aromatic rings. The van der Waals surface area contributed by atoms with Crippen molar-refractivity contribution < 1.29 is 4.79 Å².